The first kappa shape index (κ1) is 19.0. The Kier molecular flexibility index (Phi) is 6.78. The lowest BCUT2D eigenvalue weighted by Crippen LogP contribution is -2.47. The molecule has 0 bridgehead atoms. The molecular weight excluding hydrogens is 324 g/mol. The smallest absolute Gasteiger partial charge is 0.317 e. The number of carbonyl (C=O) groups is 1. The zero-order valence-electron chi connectivity index (χ0n) is 16.4. The average Bonchev–Trinajstić information content (AvgIpc) is 2.68. The third-order valence-corrected chi connectivity index (χ3v) is 5.93. The van der Waals surface area contributed by atoms with E-state index in [1.165, 1.54) is 44.6 Å². The van der Waals surface area contributed by atoms with E-state index in [1.54, 1.807) is 19.0 Å². The fourth-order valence-electron chi connectivity index (χ4n) is 4.13. The second kappa shape index (κ2) is 9.26. The van der Waals surface area contributed by atoms with Gasteiger partial charge in [-0.25, -0.2) is 4.79 Å². The summed E-state index contributed by atoms with van der Waals surface area (Å²) in [4.78, 5) is 18.5. The Labute approximate surface area is 158 Å². The van der Waals surface area contributed by atoms with Crippen LogP contribution < -0.4 is 10.2 Å². The topological polar surface area (TPSA) is 38.8 Å². The molecular formula is C21H34N4O. The summed E-state index contributed by atoms with van der Waals surface area (Å²) < 4.78 is 0. The number of nitrogens with zero attached hydrogens (tertiary/aromatic N) is 3. The van der Waals surface area contributed by atoms with Gasteiger partial charge in [0.25, 0.3) is 0 Å². The highest BCUT2D eigenvalue weighted by atomic mass is 16.2. The second-order valence-corrected chi connectivity index (χ2v) is 8.01. The van der Waals surface area contributed by atoms with E-state index in [-0.39, 0.29) is 6.03 Å². The van der Waals surface area contributed by atoms with E-state index in [9.17, 15) is 4.79 Å². The second-order valence-electron chi connectivity index (χ2n) is 8.01. The van der Waals surface area contributed by atoms with Crippen LogP contribution in [0.2, 0.25) is 0 Å². The first-order chi connectivity index (χ1) is 12.6. The fourth-order valence-corrected chi connectivity index (χ4v) is 4.13. The molecule has 1 heterocycles. The number of anilines is 1. The molecule has 26 heavy (non-hydrogen) atoms. The van der Waals surface area contributed by atoms with E-state index in [0.717, 1.165) is 31.8 Å². The van der Waals surface area contributed by atoms with Gasteiger partial charge in [-0.3, -0.25) is 4.90 Å². The number of amides is 2. The molecule has 2 amide bonds. The first-order valence-corrected chi connectivity index (χ1v) is 10.1. The third kappa shape index (κ3) is 5.37. The van der Waals surface area contributed by atoms with Crippen LogP contribution in [0.1, 0.15) is 32.1 Å². The maximum atomic E-state index is 11.8. The van der Waals surface area contributed by atoms with Crippen molar-refractivity contribution in [3.05, 3.63) is 30.3 Å². The van der Waals surface area contributed by atoms with E-state index >= 15 is 0 Å². The van der Waals surface area contributed by atoms with Crippen molar-refractivity contribution in [2.24, 2.45) is 5.92 Å². The zero-order valence-corrected chi connectivity index (χ0v) is 16.4. The maximum Gasteiger partial charge on any atom is 0.317 e. The minimum atomic E-state index is 0.0461. The maximum absolute atomic E-state index is 11.8. The summed E-state index contributed by atoms with van der Waals surface area (Å²) in [5, 5.41) is 3.14. The summed E-state index contributed by atoms with van der Waals surface area (Å²) in [6.07, 6.45) is 6.07. The molecule has 1 saturated heterocycles. The van der Waals surface area contributed by atoms with Gasteiger partial charge >= 0.3 is 6.03 Å². The normalized spacial score (nSPS) is 24.3. The molecule has 0 aromatic heterocycles. The monoisotopic (exact) mass is 358 g/mol. The predicted molar refractivity (Wildman–Crippen MR) is 108 cm³/mol. The summed E-state index contributed by atoms with van der Waals surface area (Å²) in [6, 6.07) is 11.2. The van der Waals surface area contributed by atoms with Crippen LogP contribution in [-0.4, -0.2) is 68.7 Å². The molecule has 0 radical (unpaired) electrons. The molecule has 0 spiro atoms. The number of carbonyl (C=O) groups excluding carboxylic acids is 1. The molecule has 1 saturated carbocycles. The molecule has 2 fully saturated rings. The van der Waals surface area contributed by atoms with Gasteiger partial charge in [-0.1, -0.05) is 18.2 Å². The average molecular weight is 359 g/mol. The van der Waals surface area contributed by atoms with Crippen LogP contribution in [0.5, 0.6) is 0 Å². The summed E-state index contributed by atoms with van der Waals surface area (Å²) in [7, 11) is 3.61. The Morgan fingerprint density at radius 3 is 2.31 bits per heavy atom. The highest BCUT2D eigenvalue weighted by Crippen LogP contribution is 2.27. The van der Waals surface area contributed by atoms with Crippen LogP contribution in [0, 0.1) is 5.92 Å². The minimum absolute atomic E-state index is 0.0461. The number of benzene rings is 1. The van der Waals surface area contributed by atoms with Gasteiger partial charge in [-0.2, -0.15) is 0 Å². The summed E-state index contributed by atoms with van der Waals surface area (Å²) in [5.41, 5.74) is 1.35. The van der Waals surface area contributed by atoms with Crippen LogP contribution in [-0.2, 0) is 0 Å². The molecule has 5 heteroatoms. The van der Waals surface area contributed by atoms with Gasteiger partial charge in [0.05, 0.1) is 0 Å². The number of para-hydroxylation sites is 1. The Morgan fingerprint density at radius 1 is 1.04 bits per heavy atom. The van der Waals surface area contributed by atoms with E-state index in [1.807, 2.05) is 0 Å². The van der Waals surface area contributed by atoms with Crippen molar-refractivity contribution in [1.82, 2.24) is 15.1 Å². The van der Waals surface area contributed by atoms with E-state index in [0.29, 0.717) is 6.04 Å². The molecule has 2 aliphatic rings. The molecule has 5 nitrogen and oxygen atoms in total. The van der Waals surface area contributed by atoms with Gasteiger partial charge in [-0.05, 0) is 56.7 Å². The highest BCUT2D eigenvalue weighted by molar-refractivity contribution is 5.73. The van der Waals surface area contributed by atoms with Crippen LogP contribution in [0.25, 0.3) is 0 Å². The quantitative estimate of drug-likeness (QED) is 0.879. The molecule has 0 atom stereocenters. The van der Waals surface area contributed by atoms with Crippen molar-refractivity contribution in [2.75, 3.05) is 51.7 Å². The van der Waals surface area contributed by atoms with Crippen molar-refractivity contribution in [3.63, 3.8) is 0 Å². The summed E-state index contributed by atoms with van der Waals surface area (Å²) in [5.74, 6) is 0.828. The molecule has 3 rings (SSSR count). The van der Waals surface area contributed by atoms with Gasteiger partial charge in [0.15, 0.2) is 0 Å². The fraction of sp³-hybridized carbons (Fsp3) is 0.667. The van der Waals surface area contributed by atoms with Crippen molar-refractivity contribution in [3.8, 4) is 0 Å². The number of urea groups is 1. The summed E-state index contributed by atoms with van der Waals surface area (Å²) in [6.45, 7) is 5.83. The van der Waals surface area contributed by atoms with Crippen molar-refractivity contribution in [1.29, 1.82) is 0 Å². The van der Waals surface area contributed by atoms with Gasteiger partial charge in [0.2, 0.25) is 0 Å². The van der Waals surface area contributed by atoms with Crippen molar-refractivity contribution < 1.29 is 4.79 Å². The lowest BCUT2D eigenvalue weighted by molar-refractivity contribution is 0.194. The Morgan fingerprint density at radius 2 is 1.69 bits per heavy atom. The van der Waals surface area contributed by atoms with Crippen LogP contribution in [0.15, 0.2) is 30.3 Å². The van der Waals surface area contributed by atoms with E-state index in [2.05, 4.69) is 45.4 Å². The Bertz CT molecular complexity index is 546. The van der Waals surface area contributed by atoms with Crippen LogP contribution in [0.4, 0.5) is 10.5 Å². The van der Waals surface area contributed by atoms with Crippen LogP contribution >= 0.6 is 0 Å². The van der Waals surface area contributed by atoms with Gasteiger partial charge in [0, 0.05) is 52.0 Å². The van der Waals surface area contributed by atoms with Gasteiger partial charge < -0.3 is 15.1 Å². The van der Waals surface area contributed by atoms with E-state index in [4.69, 9.17) is 0 Å². The standard InChI is InChI=1S/C21H34N4O/c1-23(2)21(26)22-19-10-8-18(9-11-19)12-13-24-14-16-25(17-15-24)20-6-4-3-5-7-20/h3-7,18-19H,8-17H2,1-2H3,(H,22,26). The van der Waals surface area contributed by atoms with Crippen LogP contribution in [0.3, 0.4) is 0 Å². The molecule has 1 aromatic rings. The molecule has 1 N–H and O–H groups in total. The van der Waals surface area contributed by atoms with Gasteiger partial charge in [-0.15, -0.1) is 0 Å². The molecule has 144 valence electrons. The Hall–Kier alpha value is -1.75. The number of nitrogens with one attached hydrogen (secondary N) is 1. The molecule has 1 aliphatic heterocycles. The predicted octanol–water partition coefficient (Wildman–Crippen LogP) is 3.03. The van der Waals surface area contributed by atoms with Crippen molar-refractivity contribution >= 4 is 11.7 Å². The lowest BCUT2D eigenvalue weighted by atomic mass is 9.84. The number of piperazine rings is 1. The Balaban J connectivity index is 1.32. The number of rotatable bonds is 5. The molecule has 1 aliphatic carbocycles. The van der Waals surface area contributed by atoms with Crippen molar-refractivity contribution in [2.45, 2.75) is 38.1 Å². The molecule has 0 unspecified atom stereocenters. The minimum Gasteiger partial charge on any atom is -0.369 e. The largest absolute Gasteiger partial charge is 0.369 e. The third-order valence-electron chi connectivity index (χ3n) is 5.93. The zero-order chi connectivity index (χ0) is 18.4. The summed E-state index contributed by atoms with van der Waals surface area (Å²) >= 11 is 0. The lowest BCUT2D eigenvalue weighted by Gasteiger charge is -2.37. The van der Waals surface area contributed by atoms with E-state index < -0.39 is 0 Å². The number of hydrogen-bond acceptors (Lipinski definition) is 3. The highest BCUT2D eigenvalue weighted by Gasteiger charge is 2.24. The van der Waals surface area contributed by atoms with Gasteiger partial charge in [0.1, 0.15) is 0 Å². The first-order valence-electron chi connectivity index (χ1n) is 10.1. The molecule has 1 aromatic carbocycles. The SMILES string of the molecule is CN(C)C(=O)NC1CCC(CCN2CCN(c3ccccc3)CC2)CC1. The number of hydrogen-bond donors (Lipinski definition) is 1.